The lowest BCUT2D eigenvalue weighted by Crippen LogP contribution is -2.15. The van der Waals surface area contributed by atoms with Gasteiger partial charge in [0.25, 0.3) is 0 Å². The molecule has 1 aromatic rings. The average molecular weight is 221 g/mol. The molecule has 0 spiro atoms. The van der Waals surface area contributed by atoms with E-state index in [1.807, 2.05) is 6.07 Å². The summed E-state index contributed by atoms with van der Waals surface area (Å²) in [7, 11) is 0. The molecular formula is C14H23NO. The Morgan fingerprint density at radius 3 is 2.44 bits per heavy atom. The fraction of sp³-hybridized carbons (Fsp3) is 0.571. The first kappa shape index (κ1) is 13.2. The molecular weight excluding hydrogens is 198 g/mol. The molecule has 1 aromatic carbocycles. The SMILES string of the molecule is CC(C)COCCC(CN)c1ccccc1. The zero-order valence-electron chi connectivity index (χ0n) is 10.4. The smallest absolute Gasteiger partial charge is 0.0488 e. The Kier molecular flexibility index (Phi) is 6.12. The Balaban J connectivity index is 2.33. The molecule has 0 aliphatic heterocycles. The highest BCUT2D eigenvalue weighted by Crippen LogP contribution is 2.17. The van der Waals surface area contributed by atoms with Crippen molar-refractivity contribution in [2.24, 2.45) is 11.7 Å². The Bertz CT molecular complexity index is 271. The molecule has 16 heavy (non-hydrogen) atoms. The van der Waals surface area contributed by atoms with Crippen LogP contribution in [0.25, 0.3) is 0 Å². The van der Waals surface area contributed by atoms with Gasteiger partial charge in [0.05, 0.1) is 0 Å². The molecule has 0 heterocycles. The van der Waals surface area contributed by atoms with Gasteiger partial charge in [0.1, 0.15) is 0 Å². The first-order valence-electron chi connectivity index (χ1n) is 6.06. The van der Waals surface area contributed by atoms with Gasteiger partial charge in [0, 0.05) is 13.2 Å². The molecule has 0 saturated heterocycles. The van der Waals surface area contributed by atoms with Crippen molar-refractivity contribution in [2.75, 3.05) is 19.8 Å². The Hall–Kier alpha value is -0.860. The van der Waals surface area contributed by atoms with Gasteiger partial charge in [-0.2, -0.15) is 0 Å². The van der Waals surface area contributed by atoms with Gasteiger partial charge in [-0.15, -0.1) is 0 Å². The second kappa shape index (κ2) is 7.42. The molecule has 0 saturated carbocycles. The predicted molar refractivity (Wildman–Crippen MR) is 68.5 cm³/mol. The molecule has 1 unspecified atom stereocenters. The molecule has 2 nitrogen and oxygen atoms in total. The molecule has 0 aliphatic carbocycles. The van der Waals surface area contributed by atoms with Crippen molar-refractivity contribution in [1.29, 1.82) is 0 Å². The summed E-state index contributed by atoms with van der Waals surface area (Å²) in [6.45, 7) is 6.66. The fourth-order valence-electron chi connectivity index (χ4n) is 1.69. The van der Waals surface area contributed by atoms with Crippen LogP contribution >= 0.6 is 0 Å². The van der Waals surface area contributed by atoms with Crippen LogP contribution in [0.4, 0.5) is 0 Å². The summed E-state index contributed by atoms with van der Waals surface area (Å²) in [5, 5.41) is 0. The highest BCUT2D eigenvalue weighted by molar-refractivity contribution is 5.19. The van der Waals surface area contributed by atoms with Crippen LogP contribution in [-0.2, 0) is 4.74 Å². The molecule has 0 fully saturated rings. The number of hydrogen-bond acceptors (Lipinski definition) is 2. The third-order valence-corrected chi connectivity index (χ3v) is 2.62. The molecule has 0 amide bonds. The normalized spacial score (nSPS) is 13.0. The van der Waals surface area contributed by atoms with Gasteiger partial charge in [0.15, 0.2) is 0 Å². The lowest BCUT2D eigenvalue weighted by Gasteiger charge is -2.15. The number of ether oxygens (including phenoxy) is 1. The summed E-state index contributed by atoms with van der Waals surface area (Å²) in [5.41, 5.74) is 7.11. The number of nitrogens with two attached hydrogens (primary N) is 1. The van der Waals surface area contributed by atoms with Gasteiger partial charge in [0.2, 0.25) is 0 Å². The van der Waals surface area contributed by atoms with Crippen LogP contribution < -0.4 is 5.73 Å². The largest absolute Gasteiger partial charge is 0.381 e. The maximum atomic E-state index is 5.79. The minimum atomic E-state index is 0.424. The molecule has 1 rings (SSSR count). The monoisotopic (exact) mass is 221 g/mol. The summed E-state index contributed by atoms with van der Waals surface area (Å²) < 4.78 is 5.59. The van der Waals surface area contributed by atoms with Crippen LogP contribution in [0.2, 0.25) is 0 Å². The van der Waals surface area contributed by atoms with E-state index in [1.165, 1.54) is 5.56 Å². The topological polar surface area (TPSA) is 35.2 Å². The maximum Gasteiger partial charge on any atom is 0.0488 e. The van der Waals surface area contributed by atoms with E-state index in [-0.39, 0.29) is 0 Å². The quantitative estimate of drug-likeness (QED) is 0.719. The second-order valence-electron chi connectivity index (χ2n) is 4.60. The van der Waals surface area contributed by atoms with Crippen molar-refractivity contribution in [3.63, 3.8) is 0 Å². The van der Waals surface area contributed by atoms with Crippen molar-refractivity contribution >= 4 is 0 Å². The Morgan fingerprint density at radius 2 is 1.88 bits per heavy atom. The Morgan fingerprint density at radius 1 is 1.19 bits per heavy atom. The van der Waals surface area contributed by atoms with Gasteiger partial charge >= 0.3 is 0 Å². The van der Waals surface area contributed by atoms with Gasteiger partial charge in [-0.05, 0) is 30.4 Å². The lowest BCUT2D eigenvalue weighted by molar-refractivity contribution is 0.104. The van der Waals surface area contributed by atoms with E-state index in [0.717, 1.165) is 19.6 Å². The van der Waals surface area contributed by atoms with E-state index in [1.54, 1.807) is 0 Å². The van der Waals surface area contributed by atoms with Gasteiger partial charge in [-0.3, -0.25) is 0 Å². The predicted octanol–water partition coefficient (Wildman–Crippen LogP) is 2.79. The van der Waals surface area contributed by atoms with Crippen molar-refractivity contribution in [3.05, 3.63) is 35.9 Å². The van der Waals surface area contributed by atoms with E-state index in [2.05, 4.69) is 38.1 Å². The highest BCUT2D eigenvalue weighted by atomic mass is 16.5. The van der Waals surface area contributed by atoms with Crippen molar-refractivity contribution < 1.29 is 4.74 Å². The van der Waals surface area contributed by atoms with E-state index in [0.29, 0.717) is 18.4 Å². The van der Waals surface area contributed by atoms with Crippen LogP contribution in [0.1, 0.15) is 31.7 Å². The lowest BCUT2D eigenvalue weighted by atomic mass is 9.96. The summed E-state index contributed by atoms with van der Waals surface area (Å²) in [4.78, 5) is 0. The van der Waals surface area contributed by atoms with Crippen LogP contribution in [0.15, 0.2) is 30.3 Å². The van der Waals surface area contributed by atoms with Crippen LogP contribution in [0.5, 0.6) is 0 Å². The first-order valence-corrected chi connectivity index (χ1v) is 6.06. The average Bonchev–Trinajstić information content (AvgIpc) is 2.30. The minimum Gasteiger partial charge on any atom is -0.381 e. The summed E-state index contributed by atoms with van der Waals surface area (Å²) in [6, 6.07) is 10.4. The minimum absolute atomic E-state index is 0.424. The highest BCUT2D eigenvalue weighted by Gasteiger charge is 2.08. The standard InChI is InChI=1S/C14H23NO/c1-12(2)11-16-9-8-14(10-15)13-6-4-3-5-7-13/h3-7,12,14H,8-11,15H2,1-2H3. The Labute approximate surface area is 98.8 Å². The second-order valence-corrected chi connectivity index (χ2v) is 4.60. The number of hydrogen-bond donors (Lipinski definition) is 1. The van der Waals surface area contributed by atoms with Gasteiger partial charge < -0.3 is 10.5 Å². The van der Waals surface area contributed by atoms with E-state index < -0.39 is 0 Å². The zero-order chi connectivity index (χ0) is 11.8. The molecule has 0 aromatic heterocycles. The first-order chi connectivity index (χ1) is 7.74. The van der Waals surface area contributed by atoms with Crippen molar-refractivity contribution in [3.8, 4) is 0 Å². The molecule has 90 valence electrons. The number of rotatable bonds is 7. The third kappa shape index (κ3) is 4.77. The van der Waals surface area contributed by atoms with Crippen LogP contribution in [0, 0.1) is 5.92 Å². The third-order valence-electron chi connectivity index (χ3n) is 2.62. The van der Waals surface area contributed by atoms with Crippen molar-refractivity contribution in [2.45, 2.75) is 26.2 Å². The van der Waals surface area contributed by atoms with Gasteiger partial charge in [-0.25, -0.2) is 0 Å². The zero-order valence-corrected chi connectivity index (χ0v) is 10.4. The van der Waals surface area contributed by atoms with E-state index >= 15 is 0 Å². The van der Waals surface area contributed by atoms with Crippen LogP contribution in [-0.4, -0.2) is 19.8 Å². The number of benzene rings is 1. The molecule has 0 aliphatic rings. The molecule has 0 radical (unpaired) electrons. The summed E-state index contributed by atoms with van der Waals surface area (Å²) >= 11 is 0. The summed E-state index contributed by atoms with van der Waals surface area (Å²) in [6.07, 6.45) is 1.01. The van der Waals surface area contributed by atoms with Gasteiger partial charge in [-0.1, -0.05) is 44.2 Å². The van der Waals surface area contributed by atoms with E-state index in [9.17, 15) is 0 Å². The molecule has 2 N–H and O–H groups in total. The maximum absolute atomic E-state index is 5.79. The van der Waals surface area contributed by atoms with Crippen molar-refractivity contribution in [1.82, 2.24) is 0 Å². The van der Waals surface area contributed by atoms with E-state index in [4.69, 9.17) is 10.5 Å². The molecule has 0 bridgehead atoms. The molecule has 1 atom stereocenters. The molecule has 2 heteroatoms. The fourth-order valence-corrected chi connectivity index (χ4v) is 1.69. The van der Waals surface area contributed by atoms with Crippen LogP contribution in [0.3, 0.4) is 0 Å². The summed E-state index contributed by atoms with van der Waals surface area (Å²) in [5.74, 6) is 1.03.